The van der Waals surface area contributed by atoms with Gasteiger partial charge >= 0.3 is 6.18 Å². The smallest absolute Gasteiger partial charge is 0.433 e. The predicted molar refractivity (Wildman–Crippen MR) is 132 cm³/mol. The van der Waals surface area contributed by atoms with Crippen LogP contribution in [0, 0.1) is 0 Å². The van der Waals surface area contributed by atoms with Crippen LogP contribution >= 0.6 is 0 Å². The molecule has 1 aliphatic heterocycles. The molecule has 2 N–H and O–H groups in total. The van der Waals surface area contributed by atoms with E-state index in [1.54, 1.807) is 34.9 Å². The highest BCUT2D eigenvalue weighted by Crippen LogP contribution is 2.37. The van der Waals surface area contributed by atoms with E-state index in [0.29, 0.717) is 24.0 Å². The molecule has 1 aromatic carbocycles. The van der Waals surface area contributed by atoms with E-state index >= 15 is 0 Å². The monoisotopic (exact) mass is 543 g/mol. The SMILES string of the molecule is COc1ccc(-c2nc(C(=O)N3CCN(C(=O)c4ccco4)CC3)c([C@H](C)N)o2)c2ccc(C(F)(F)F)nc12. The van der Waals surface area contributed by atoms with Gasteiger partial charge in [0.2, 0.25) is 5.89 Å². The van der Waals surface area contributed by atoms with Crippen molar-refractivity contribution in [1.29, 1.82) is 0 Å². The average molecular weight is 544 g/mol. The molecule has 3 aromatic heterocycles. The van der Waals surface area contributed by atoms with Gasteiger partial charge in [-0.2, -0.15) is 13.2 Å². The van der Waals surface area contributed by atoms with Crippen molar-refractivity contribution in [3.05, 3.63) is 65.6 Å². The summed E-state index contributed by atoms with van der Waals surface area (Å²) in [6.45, 7) is 2.72. The van der Waals surface area contributed by atoms with Crippen LogP contribution in [0.5, 0.6) is 5.75 Å². The van der Waals surface area contributed by atoms with Gasteiger partial charge in [0, 0.05) is 37.1 Å². The first-order chi connectivity index (χ1) is 18.6. The van der Waals surface area contributed by atoms with Crippen molar-refractivity contribution in [3.63, 3.8) is 0 Å². The number of halogens is 3. The van der Waals surface area contributed by atoms with Gasteiger partial charge in [-0.15, -0.1) is 0 Å². The summed E-state index contributed by atoms with van der Waals surface area (Å²) in [4.78, 5) is 37.3. The zero-order valence-electron chi connectivity index (χ0n) is 21.0. The molecule has 0 bridgehead atoms. The zero-order valence-corrected chi connectivity index (χ0v) is 21.0. The lowest BCUT2D eigenvalue weighted by molar-refractivity contribution is -0.140. The van der Waals surface area contributed by atoms with Gasteiger partial charge in [-0.05, 0) is 43.3 Å². The maximum atomic E-state index is 13.5. The highest BCUT2D eigenvalue weighted by Gasteiger charge is 2.34. The first kappa shape index (κ1) is 26.2. The van der Waals surface area contributed by atoms with Crippen molar-refractivity contribution >= 4 is 22.7 Å². The third-order valence-electron chi connectivity index (χ3n) is 6.42. The molecule has 0 saturated carbocycles. The van der Waals surface area contributed by atoms with Crippen LogP contribution in [0.1, 0.15) is 45.5 Å². The number of rotatable bonds is 5. The minimum atomic E-state index is -4.65. The molecule has 2 amide bonds. The molecule has 0 aliphatic carbocycles. The number of pyridine rings is 1. The van der Waals surface area contributed by atoms with Crippen LogP contribution in [0.3, 0.4) is 0 Å². The second-order valence-electron chi connectivity index (χ2n) is 8.99. The van der Waals surface area contributed by atoms with Crippen molar-refractivity contribution in [1.82, 2.24) is 19.8 Å². The summed E-state index contributed by atoms with van der Waals surface area (Å²) < 4.78 is 56.2. The highest BCUT2D eigenvalue weighted by atomic mass is 19.4. The number of carbonyl (C=O) groups is 2. The molecular weight excluding hydrogens is 519 g/mol. The molecule has 1 saturated heterocycles. The first-order valence-corrected chi connectivity index (χ1v) is 12.0. The first-order valence-electron chi connectivity index (χ1n) is 12.0. The molecule has 4 aromatic rings. The fourth-order valence-electron chi connectivity index (χ4n) is 4.43. The number of benzene rings is 1. The Bertz CT molecular complexity index is 1520. The molecule has 204 valence electrons. The average Bonchev–Trinajstić information content (AvgIpc) is 3.62. The van der Waals surface area contributed by atoms with E-state index in [2.05, 4.69) is 9.97 Å². The largest absolute Gasteiger partial charge is 0.494 e. The quantitative estimate of drug-likeness (QED) is 0.398. The number of alkyl halides is 3. The lowest BCUT2D eigenvalue weighted by Crippen LogP contribution is -2.50. The highest BCUT2D eigenvalue weighted by molar-refractivity contribution is 5.98. The van der Waals surface area contributed by atoms with Crippen LogP contribution in [0.4, 0.5) is 13.2 Å². The maximum Gasteiger partial charge on any atom is 0.433 e. The van der Waals surface area contributed by atoms with Crippen LogP contribution < -0.4 is 10.5 Å². The molecule has 1 atom stereocenters. The molecular formula is C26H24F3N5O5. The second kappa shape index (κ2) is 10.1. The fourth-order valence-corrected chi connectivity index (χ4v) is 4.43. The number of methoxy groups -OCH3 is 1. The maximum absolute atomic E-state index is 13.5. The van der Waals surface area contributed by atoms with Crippen molar-refractivity contribution < 1.29 is 36.3 Å². The summed E-state index contributed by atoms with van der Waals surface area (Å²) in [5, 5.41) is 0.295. The molecule has 1 aliphatic rings. The Balaban J connectivity index is 1.45. The molecule has 39 heavy (non-hydrogen) atoms. The Morgan fingerprint density at radius 3 is 2.31 bits per heavy atom. The third-order valence-corrected chi connectivity index (χ3v) is 6.42. The number of oxazole rings is 1. The number of ether oxygens (including phenoxy) is 1. The van der Waals surface area contributed by atoms with Crippen LogP contribution in [-0.2, 0) is 6.18 Å². The molecule has 0 spiro atoms. The van der Waals surface area contributed by atoms with Gasteiger partial charge in [-0.25, -0.2) is 9.97 Å². The van der Waals surface area contributed by atoms with E-state index in [-0.39, 0.29) is 53.4 Å². The Labute approximate surface area is 220 Å². The zero-order chi connectivity index (χ0) is 27.9. The van der Waals surface area contributed by atoms with Crippen molar-refractivity contribution in [2.45, 2.75) is 19.1 Å². The second-order valence-corrected chi connectivity index (χ2v) is 8.99. The lowest BCUT2D eigenvalue weighted by atomic mass is 10.1. The van der Waals surface area contributed by atoms with Crippen molar-refractivity contribution in [2.75, 3.05) is 33.3 Å². The van der Waals surface area contributed by atoms with Crippen LogP contribution in [0.15, 0.2) is 51.5 Å². The summed E-state index contributed by atoms with van der Waals surface area (Å²) >= 11 is 0. The minimum Gasteiger partial charge on any atom is -0.494 e. The number of piperazine rings is 1. The summed E-state index contributed by atoms with van der Waals surface area (Å²) in [5.74, 6) is -0.200. The van der Waals surface area contributed by atoms with Crippen LogP contribution in [0.2, 0.25) is 0 Å². The Kier molecular flexibility index (Phi) is 6.76. The topological polar surface area (TPSA) is 128 Å². The summed E-state index contributed by atoms with van der Waals surface area (Å²) in [5.41, 5.74) is 5.30. The number of fused-ring (bicyclic) bond motifs is 1. The third kappa shape index (κ3) is 4.92. The van der Waals surface area contributed by atoms with E-state index in [1.807, 2.05) is 0 Å². The lowest BCUT2D eigenvalue weighted by Gasteiger charge is -2.34. The van der Waals surface area contributed by atoms with Gasteiger partial charge in [0.1, 0.15) is 17.0 Å². The minimum absolute atomic E-state index is 0.00495. The molecule has 1 fully saturated rings. The van der Waals surface area contributed by atoms with Crippen molar-refractivity contribution in [3.8, 4) is 17.2 Å². The number of hydrogen-bond donors (Lipinski definition) is 1. The molecule has 4 heterocycles. The number of nitrogens with two attached hydrogens (primary N) is 1. The van der Waals surface area contributed by atoms with E-state index < -0.39 is 23.8 Å². The molecule has 10 nitrogen and oxygen atoms in total. The standard InChI is InChI=1S/C26H24F3N5O5/c1-14(30)22-21(25(36)34-11-9-33(10-12-34)24(35)18-4-3-13-38-18)32-23(39-22)16-5-7-17(37-2)20-15(16)6-8-19(31-20)26(27,28)29/h3-8,13-14H,9-12,30H2,1-2H3/t14-/m0/s1. The Morgan fingerprint density at radius 2 is 1.72 bits per heavy atom. The number of furan rings is 1. The molecule has 0 unspecified atom stereocenters. The number of aromatic nitrogens is 2. The van der Waals surface area contributed by atoms with E-state index in [9.17, 15) is 22.8 Å². The molecule has 5 rings (SSSR count). The summed E-state index contributed by atoms with van der Waals surface area (Å²) in [7, 11) is 1.33. The Hall–Kier alpha value is -4.39. The van der Waals surface area contributed by atoms with Gasteiger partial charge in [-0.3, -0.25) is 9.59 Å². The van der Waals surface area contributed by atoms with Gasteiger partial charge in [-0.1, -0.05) is 0 Å². The summed E-state index contributed by atoms with van der Waals surface area (Å²) in [6, 6.07) is 7.64. The van der Waals surface area contributed by atoms with Crippen LogP contribution in [0.25, 0.3) is 22.4 Å². The Morgan fingerprint density at radius 1 is 1.03 bits per heavy atom. The number of amides is 2. The van der Waals surface area contributed by atoms with E-state index in [1.165, 1.54) is 25.5 Å². The predicted octanol–water partition coefficient (Wildman–Crippen LogP) is 4.13. The van der Waals surface area contributed by atoms with Gasteiger partial charge in [0.15, 0.2) is 17.2 Å². The molecule has 0 radical (unpaired) electrons. The molecule has 13 heteroatoms. The van der Waals surface area contributed by atoms with Gasteiger partial charge < -0.3 is 29.1 Å². The van der Waals surface area contributed by atoms with Gasteiger partial charge in [0.05, 0.1) is 19.4 Å². The number of hydrogen-bond acceptors (Lipinski definition) is 8. The van der Waals surface area contributed by atoms with Crippen LogP contribution in [-0.4, -0.2) is 64.9 Å². The summed E-state index contributed by atoms with van der Waals surface area (Å²) in [6.07, 6.45) is -3.23. The van der Waals surface area contributed by atoms with E-state index in [4.69, 9.17) is 19.3 Å². The number of carbonyl (C=O) groups excluding carboxylic acids is 2. The number of nitrogens with zero attached hydrogens (tertiary/aromatic N) is 4. The normalized spacial score (nSPS) is 15.0. The fraction of sp³-hybridized carbons (Fsp3) is 0.308. The van der Waals surface area contributed by atoms with Gasteiger partial charge in [0.25, 0.3) is 11.8 Å². The van der Waals surface area contributed by atoms with E-state index in [0.717, 1.165) is 6.07 Å². The van der Waals surface area contributed by atoms with Crippen molar-refractivity contribution in [2.24, 2.45) is 5.73 Å².